The van der Waals surface area contributed by atoms with E-state index in [2.05, 4.69) is 4.74 Å². The smallest absolute Gasteiger partial charge is 0.354 e. The van der Waals surface area contributed by atoms with Crippen molar-refractivity contribution in [1.82, 2.24) is 0 Å². The number of halogens is 7. The van der Waals surface area contributed by atoms with Crippen molar-refractivity contribution in [2.75, 3.05) is 0 Å². The molecule has 3 unspecified atom stereocenters. The van der Waals surface area contributed by atoms with Crippen molar-refractivity contribution < 1.29 is 31.1 Å². The van der Waals surface area contributed by atoms with Gasteiger partial charge in [-0.15, -0.1) is 11.6 Å². The molecule has 18 heavy (non-hydrogen) atoms. The minimum absolute atomic E-state index is 0.213. The third-order valence-electron chi connectivity index (χ3n) is 4.48. The third kappa shape index (κ3) is 1.25. The first-order valence-electron chi connectivity index (χ1n) is 5.55. The predicted molar refractivity (Wildman–Crippen MR) is 49.1 cm³/mol. The lowest BCUT2D eigenvalue weighted by molar-refractivity contribution is -0.470. The zero-order valence-electron chi connectivity index (χ0n) is 8.85. The van der Waals surface area contributed by atoms with E-state index in [-0.39, 0.29) is 17.7 Å². The molecule has 3 fully saturated rings. The van der Waals surface area contributed by atoms with Crippen molar-refractivity contribution in [2.45, 2.75) is 42.3 Å². The van der Waals surface area contributed by atoms with E-state index in [9.17, 15) is 26.3 Å². The van der Waals surface area contributed by atoms with Gasteiger partial charge in [0.15, 0.2) is 0 Å². The average molecular weight is 295 g/mol. The van der Waals surface area contributed by atoms with E-state index in [0.29, 0.717) is 6.42 Å². The highest BCUT2D eigenvalue weighted by Crippen LogP contribution is 2.69. The Morgan fingerprint density at radius 1 is 1.00 bits per heavy atom. The summed E-state index contributed by atoms with van der Waals surface area (Å²) in [6.45, 7) is 0. The fraction of sp³-hybridized carbons (Fsp3) is 1.00. The standard InChI is InChI=1S/C10H9ClF6O/c11-5-2-3-1-4(5)7-6(3)8(18-7,9(12,13)14)10(15,16)17/h3-7H,1-2H2/t3-,4-,5?,6?,7?/m0/s1. The first-order chi connectivity index (χ1) is 8.09. The van der Waals surface area contributed by atoms with E-state index in [4.69, 9.17) is 11.6 Å². The lowest BCUT2D eigenvalue weighted by atomic mass is 9.68. The van der Waals surface area contributed by atoms with Gasteiger partial charge in [0.25, 0.3) is 5.60 Å². The van der Waals surface area contributed by atoms with E-state index >= 15 is 0 Å². The predicted octanol–water partition coefficient (Wildman–Crippen LogP) is 3.51. The Balaban J connectivity index is 1.98. The van der Waals surface area contributed by atoms with Crippen LogP contribution < -0.4 is 0 Å². The molecule has 0 N–H and O–H groups in total. The summed E-state index contributed by atoms with van der Waals surface area (Å²) in [6.07, 6.45) is -11.3. The SMILES string of the molecule is FC(F)(F)C1(C(F)(F)F)OC2C1[C@@H]1CC(Cl)[C@@H]2C1. The van der Waals surface area contributed by atoms with Crippen LogP contribution in [0.5, 0.6) is 0 Å². The van der Waals surface area contributed by atoms with Crippen molar-refractivity contribution in [3.63, 3.8) is 0 Å². The molecule has 104 valence electrons. The highest BCUT2D eigenvalue weighted by Gasteiger charge is 2.86. The molecule has 0 amide bonds. The highest BCUT2D eigenvalue weighted by atomic mass is 35.5. The van der Waals surface area contributed by atoms with E-state index in [1.54, 1.807) is 0 Å². The number of alkyl halides is 7. The number of ether oxygens (including phenoxy) is 1. The third-order valence-corrected chi connectivity index (χ3v) is 4.99. The molecule has 1 aliphatic heterocycles. The van der Waals surface area contributed by atoms with E-state index < -0.39 is 35.9 Å². The van der Waals surface area contributed by atoms with Crippen LogP contribution in [0.1, 0.15) is 12.8 Å². The second-order valence-electron chi connectivity index (χ2n) is 5.25. The zero-order valence-corrected chi connectivity index (χ0v) is 9.61. The van der Waals surface area contributed by atoms with E-state index in [1.807, 2.05) is 0 Å². The average Bonchev–Trinajstić information content (AvgIpc) is 2.50. The number of rotatable bonds is 0. The number of fused-ring (bicyclic) bond motifs is 5. The Kier molecular flexibility index (Phi) is 2.34. The summed E-state index contributed by atoms with van der Waals surface area (Å²) in [5.41, 5.74) is -3.97. The minimum atomic E-state index is -5.43. The molecule has 2 bridgehead atoms. The number of hydrogen-bond acceptors (Lipinski definition) is 1. The summed E-state index contributed by atoms with van der Waals surface area (Å²) in [5, 5.41) is -0.365. The molecule has 0 aromatic heterocycles. The van der Waals surface area contributed by atoms with Crippen LogP contribution in [0, 0.1) is 17.8 Å². The lowest BCUT2D eigenvalue weighted by Gasteiger charge is -2.57. The van der Waals surface area contributed by atoms with Gasteiger partial charge in [0.05, 0.1) is 6.10 Å². The molecule has 0 spiro atoms. The van der Waals surface area contributed by atoms with E-state index in [1.165, 1.54) is 0 Å². The molecule has 1 saturated heterocycles. The first kappa shape index (κ1) is 12.8. The Hall–Kier alpha value is -0.170. The Labute approximate surface area is 103 Å². The van der Waals surface area contributed by atoms with Crippen LogP contribution in [-0.2, 0) is 4.74 Å². The molecule has 0 aromatic carbocycles. The van der Waals surface area contributed by atoms with Gasteiger partial charge < -0.3 is 4.74 Å². The molecule has 3 rings (SSSR count). The van der Waals surface area contributed by atoms with Crippen LogP contribution in [0.25, 0.3) is 0 Å². The van der Waals surface area contributed by atoms with Crippen LogP contribution in [-0.4, -0.2) is 29.4 Å². The van der Waals surface area contributed by atoms with Gasteiger partial charge in [-0.3, -0.25) is 0 Å². The summed E-state index contributed by atoms with van der Waals surface area (Å²) >= 11 is 5.88. The molecule has 3 aliphatic rings. The van der Waals surface area contributed by atoms with Gasteiger partial charge in [0, 0.05) is 17.2 Å². The second kappa shape index (κ2) is 3.29. The van der Waals surface area contributed by atoms with Gasteiger partial charge in [0.2, 0.25) is 0 Å². The summed E-state index contributed by atoms with van der Waals surface area (Å²) in [6, 6.07) is 0. The van der Waals surface area contributed by atoms with Crippen molar-refractivity contribution >= 4 is 11.6 Å². The van der Waals surface area contributed by atoms with Gasteiger partial charge in [-0.05, 0) is 18.8 Å². The van der Waals surface area contributed by atoms with Gasteiger partial charge in [0.1, 0.15) is 0 Å². The molecule has 2 saturated carbocycles. The van der Waals surface area contributed by atoms with Crippen molar-refractivity contribution in [3.05, 3.63) is 0 Å². The zero-order chi connectivity index (χ0) is 13.5. The van der Waals surface area contributed by atoms with Crippen LogP contribution in [0.3, 0.4) is 0 Å². The molecule has 1 heterocycles. The lowest BCUT2D eigenvalue weighted by Crippen LogP contribution is -2.76. The Bertz CT molecular complexity index is 362. The Morgan fingerprint density at radius 2 is 1.56 bits per heavy atom. The maximum Gasteiger partial charge on any atom is 0.426 e. The van der Waals surface area contributed by atoms with Gasteiger partial charge >= 0.3 is 12.4 Å². The summed E-state index contributed by atoms with van der Waals surface area (Å²) in [4.78, 5) is 0. The van der Waals surface area contributed by atoms with Crippen LogP contribution in [0.4, 0.5) is 26.3 Å². The van der Waals surface area contributed by atoms with Gasteiger partial charge in [-0.2, -0.15) is 26.3 Å². The van der Waals surface area contributed by atoms with Crippen molar-refractivity contribution in [3.8, 4) is 0 Å². The van der Waals surface area contributed by atoms with Gasteiger partial charge in [-0.1, -0.05) is 0 Å². The molecule has 1 nitrogen and oxygen atoms in total. The molecule has 2 aliphatic carbocycles. The van der Waals surface area contributed by atoms with Crippen LogP contribution in [0.2, 0.25) is 0 Å². The largest absolute Gasteiger partial charge is 0.426 e. The van der Waals surface area contributed by atoms with Crippen molar-refractivity contribution in [2.24, 2.45) is 17.8 Å². The second-order valence-corrected chi connectivity index (χ2v) is 5.81. The summed E-state index contributed by atoms with van der Waals surface area (Å²) < 4.78 is 81.4. The summed E-state index contributed by atoms with van der Waals surface area (Å²) in [5.74, 6) is -2.53. The van der Waals surface area contributed by atoms with E-state index in [0.717, 1.165) is 0 Å². The van der Waals surface area contributed by atoms with Gasteiger partial charge in [-0.25, -0.2) is 0 Å². The molecule has 8 heteroatoms. The first-order valence-corrected chi connectivity index (χ1v) is 5.98. The normalized spacial score (nSPS) is 45.8. The minimum Gasteiger partial charge on any atom is -0.354 e. The van der Waals surface area contributed by atoms with Crippen LogP contribution >= 0.6 is 11.6 Å². The maximum atomic E-state index is 12.8. The molecular formula is C10H9ClF6O. The van der Waals surface area contributed by atoms with Crippen molar-refractivity contribution in [1.29, 1.82) is 0 Å². The molecular weight excluding hydrogens is 286 g/mol. The monoisotopic (exact) mass is 294 g/mol. The topological polar surface area (TPSA) is 9.23 Å². The molecule has 0 aromatic rings. The van der Waals surface area contributed by atoms with Crippen LogP contribution in [0.15, 0.2) is 0 Å². The highest BCUT2D eigenvalue weighted by molar-refractivity contribution is 6.21. The number of hydrogen-bond donors (Lipinski definition) is 0. The quantitative estimate of drug-likeness (QED) is 0.491. The maximum absolute atomic E-state index is 12.8. The fourth-order valence-corrected chi connectivity index (χ4v) is 4.32. The summed E-state index contributed by atoms with van der Waals surface area (Å²) in [7, 11) is 0. The fourth-order valence-electron chi connectivity index (χ4n) is 3.84. The molecule has 5 atom stereocenters. The molecule has 0 radical (unpaired) electrons. The Morgan fingerprint density at radius 3 is 2.00 bits per heavy atom.